The van der Waals surface area contributed by atoms with Gasteiger partial charge in [0.2, 0.25) is 0 Å². The van der Waals surface area contributed by atoms with Crippen molar-refractivity contribution in [2.45, 2.75) is 13.0 Å². The van der Waals surface area contributed by atoms with E-state index in [-0.39, 0.29) is 0 Å². The lowest BCUT2D eigenvalue weighted by Crippen LogP contribution is -2.17. The summed E-state index contributed by atoms with van der Waals surface area (Å²) in [6, 6.07) is 14.3. The Morgan fingerprint density at radius 2 is 1.86 bits per heavy atom. The van der Waals surface area contributed by atoms with Crippen LogP contribution in [0.2, 0.25) is 0 Å². The monoisotopic (exact) mass is 341 g/mol. The SMILES string of the molecule is Brc1ccc(CNCCc2ccccn2)c2ncccc12. The first-order chi connectivity index (χ1) is 10.3. The molecule has 0 aliphatic carbocycles. The van der Waals surface area contributed by atoms with Crippen molar-refractivity contribution in [3.05, 3.63) is 70.6 Å². The van der Waals surface area contributed by atoms with Crippen molar-refractivity contribution < 1.29 is 0 Å². The molecule has 2 heterocycles. The Morgan fingerprint density at radius 3 is 2.71 bits per heavy atom. The van der Waals surface area contributed by atoms with E-state index >= 15 is 0 Å². The van der Waals surface area contributed by atoms with Gasteiger partial charge in [-0.25, -0.2) is 0 Å². The molecule has 106 valence electrons. The molecule has 21 heavy (non-hydrogen) atoms. The molecule has 0 atom stereocenters. The molecular formula is C17H16BrN3. The number of pyridine rings is 2. The van der Waals surface area contributed by atoms with Crippen LogP contribution in [0, 0.1) is 0 Å². The van der Waals surface area contributed by atoms with Crippen LogP contribution in [0.25, 0.3) is 10.9 Å². The van der Waals surface area contributed by atoms with Gasteiger partial charge in [0.25, 0.3) is 0 Å². The number of hydrogen-bond acceptors (Lipinski definition) is 3. The highest BCUT2D eigenvalue weighted by Crippen LogP contribution is 2.24. The van der Waals surface area contributed by atoms with E-state index in [2.05, 4.69) is 55.5 Å². The maximum Gasteiger partial charge on any atom is 0.0758 e. The highest BCUT2D eigenvalue weighted by molar-refractivity contribution is 9.10. The average molecular weight is 342 g/mol. The Bertz CT molecular complexity index is 728. The van der Waals surface area contributed by atoms with E-state index in [9.17, 15) is 0 Å². The highest BCUT2D eigenvalue weighted by atomic mass is 79.9. The Balaban J connectivity index is 1.65. The van der Waals surface area contributed by atoms with E-state index in [4.69, 9.17) is 0 Å². The van der Waals surface area contributed by atoms with Crippen LogP contribution in [0.4, 0.5) is 0 Å². The van der Waals surface area contributed by atoms with E-state index in [1.807, 2.05) is 30.6 Å². The highest BCUT2D eigenvalue weighted by Gasteiger charge is 2.05. The largest absolute Gasteiger partial charge is 0.312 e. The van der Waals surface area contributed by atoms with E-state index in [1.165, 1.54) is 5.56 Å². The Labute approximate surface area is 132 Å². The van der Waals surface area contributed by atoms with Gasteiger partial charge in [-0.05, 0) is 29.8 Å². The molecule has 0 saturated heterocycles. The summed E-state index contributed by atoms with van der Waals surface area (Å²) >= 11 is 3.57. The number of aromatic nitrogens is 2. The number of hydrogen-bond donors (Lipinski definition) is 1. The predicted octanol–water partition coefficient (Wildman–Crippen LogP) is 3.72. The molecule has 0 unspecified atom stereocenters. The van der Waals surface area contributed by atoms with Crippen molar-refractivity contribution in [3.8, 4) is 0 Å². The minimum Gasteiger partial charge on any atom is -0.312 e. The minimum absolute atomic E-state index is 0.813. The summed E-state index contributed by atoms with van der Waals surface area (Å²) in [7, 11) is 0. The normalized spacial score (nSPS) is 10.9. The average Bonchev–Trinajstić information content (AvgIpc) is 2.55. The fourth-order valence-electron chi connectivity index (χ4n) is 2.32. The molecule has 0 radical (unpaired) electrons. The molecule has 0 fully saturated rings. The Kier molecular flexibility index (Phi) is 4.58. The van der Waals surface area contributed by atoms with Crippen LogP contribution < -0.4 is 5.32 Å². The van der Waals surface area contributed by atoms with Gasteiger partial charge in [0.15, 0.2) is 0 Å². The second-order valence-corrected chi connectivity index (χ2v) is 5.71. The molecule has 0 spiro atoms. The molecule has 4 heteroatoms. The lowest BCUT2D eigenvalue weighted by atomic mass is 10.1. The van der Waals surface area contributed by atoms with Gasteiger partial charge in [-0.15, -0.1) is 0 Å². The van der Waals surface area contributed by atoms with Gasteiger partial charge in [0, 0.05) is 47.5 Å². The van der Waals surface area contributed by atoms with Gasteiger partial charge in [-0.3, -0.25) is 9.97 Å². The molecule has 3 rings (SSSR count). The predicted molar refractivity (Wildman–Crippen MR) is 89.1 cm³/mol. The number of halogens is 1. The first-order valence-corrected chi connectivity index (χ1v) is 7.76. The Morgan fingerprint density at radius 1 is 0.952 bits per heavy atom. The number of fused-ring (bicyclic) bond motifs is 1. The smallest absolute Gasteiger partial charge is 0.0758 e. The van der Waals surface area contributed by atoms with E-state index in [1.54, 1.807) is 0 Å². The van der Waals surface area contributed by atoms with Gasteiger partial charge in [0.05, 0.1) is 5.52 Å². The van der Waals surface area contributed by atoms with Crippen LogP contribution in [0.3, 0.4) is 0 Å². The van der Waals surface area contributed by atoms with Gasteiger partial charge < -0.3 is 5.32 Å². The minimum atomic E-state index is 0.813. The molecule has 0 aliphatic heterocycles. The lowest BCUT2D eigenvalue weighted by Gasteiger charge is -2.08. The van der Waals surface area contributed by atoms with Gasteiger partial charge >= 0.3 is 0 Å². The topological polar surface area (TPSA) is 37.8 Å². The zero-order chi connectivity index (χ0) is 14.5. The summed E-state index contributed by atoms with van der Waals surface area (Å²) in [6.07, 6.45) is 4.61. The number of benzene rings is 1. The molecule has 0 bridgehead atoms. The Hall–Kier alpha value is -1.78. The van der Waals surface area contributed by atoms with Crippen LogP contribution in [0.15, 0.2) is 59.3 Å². The molecule has 1 N–H and O–H groups in total. The first kappa shape index (κ1) is 14.2. The standard InChI is InChI=1S/C17H16BrN3/c18-16-7-6-13(17-15(16)5-3-10-21-17)12-19-11-8-14-4-1-2-9-20-14/h1-7,9-10,19H,8,11-12H2. The van der Waals surface area contributed by atoms with Gasteiger partial charge in [-0.2, -0.15) is 0 Å². The second kappa shape index (κ2) is 6.78. The van der Waals surface area contributed by atoms with Gasteiger partial charge in [0.1, 0.15) is 0 Å². The maximum atomic E-state index is 4.50. The summed E-state index contributed by atoms with van der Waals surface area (Å²) in [5.74, 6) is 0. The van der Waals surface area contributed by atoms with Crippen molar-refractivity contribution in [1.82, 2.24) is 15.3 Å². The van der Waals surface area contributed by atoms with Crippen LogP contribution in [-0.2, 0) is 13.0 Å². The van der Waals surface area contributed by atoms with Crippen molar-refractivity contribution in [1.29, 1.82) is 0 Å². The molecule has 0 aliphatic rings. The number of rotatable bonds is 5. The third-order valence-electron chi connectivity index (χ3n) is 3.40. The van der Waals surface area contributed by atoms with Crippen LogP contribution in [0.1, 0.15) is 11.3 Å². The van der Waals surface area contributed by atoms with Crippen LogP contribution in [-0.4, -0.2) is 16.5 Å². The summed E-state index contributed by atoms with van der Waals surface area (Å²) < 4.78 is 1.09. The summed E-state index contributed by atoms with van der Waals surface area (Å²) in [6.45, 7) is 1.72. The quantitative estimate of drug-likeness (QED) is 0.718. The fraction of sp³-hybridized carbons (Fsp3) is 0.176. The summed E-state index contributed by atoms with van der Waals surface area (Å²) in [5, 5.41) is 4.62. The second-order valence-electron chi connectivity index (χ2n) is 4.85. The van der Waals surface area contributed by atoms with Crippen LogP contribution in [0.5, 0.6) is 0 Å². The summed E-state index contributed by atoms with van der Waals surface area (Å²) in [5.41, 5.74) is 3.39. The molecule has 0 amide bonds. The molecular weight excluding hydrogens is 326 g/mol. The van der Waals surface area contributed by atoms with E-state index < -0.39 is 0 Å². The summed E-state index contributed by atoms with van der Waals surface area (Å²) in [4.78, 5) is 8.82. The van der Waals surface area contributed by atoms with E-state index in [0.717, 1.165) is 40.6 Å². The van der Waals surface area contributed by atoms with Crippen LogP contribution >= 0.6 is 15.9 Å². The number of nitrogens with one attached hydrogen (secondary N) is 1. The molecule has 3 aromatic rings. The molecule has 3 nitrogen and oxygen atoms in total. The molecule has 2 aromatic heterocycles. The van der Waals surface area contributed by atoms with Crippen molar-refractivity contribution >= 4 is 26.8 Å². The van der Waals surface area contributed by atoms with Crippen molar-refractivity contribution in [2.75, 3.05) is 6.54 Å². The first-order valence-electron chi connectivity index (χ1n) is 6.97. The fourth-order valence-corrected chi connectivity index (χ4v) is 2.78. The third-order valence-corrected chi connectivity index (χ3v) is 4.09. The van der Waals surface area contributed by atoms with Crippen molar-refractivity contribution in [3.63, 3.8) is 0 Å². The maximum absolute atomic E-state index is 4.50. The molecule has 0 saturated carbocycles. The zero-order valence-corrected chi connectivity index (χ0v) is 13.2. The molecule has 1 aromatic carbocycles. The zero-order valence-electron chi connectivity index (χ0n) is 11.6. The third kappa shape index (κ3) is 3.46. The van der Waals surface area contributed by atoms with Gasteiger partial charge in [-0.1, -0.05) is 34.1 Å². The number of nitrogens with zero attached hydrogens (tertiary/aromatic N) is 2. The van der Waals surface area contributed by atoms with Crippen molar-refractivity contribution in [2.24, 2.45) is 0 Å². The lowest BCUT2D eigenvalue weighted by molar-refractivity contribution is 0.682. The van der Waals surface area contributed by atoms with E-state index in [0.29, 0.717) is 0 Å².